The molecule has 1 saturated heterocycles. The molecule has 0 radical (unpaired) electrons. The van der Waals surface area contributed by atoms with E-state index in [9.17, 15) is 28.0 Å². The lowest BCUT2D eigenvalue weighted by atomic mass is 9.86. The monoisotopic (exact) mass is 589 g/mol. The third-order valence-electron chi connectivity index (χ3n) is 6.06. The Bertz CT molecular complexity index is 1310. The summed E-state index contributed by atoms with van der Waals surface area (Å²) >= 11 is 0. The summed E-state index contributed by atoms with van der Waals surface area (Å²) in [5.41, 5.74) is 6.29. The number of anilines is 1. The van der Waals surface area contributed by atoms with Crippen LogP contribution in [0.2, 0.25) is 0 Å². The summed E-state index contributed by atoms with van der Waals surface area (Å²) in [6, 6.07) is 6.70. The van der Waals surface area contributed by atoms with Gasteiger partial charge in [0.1, 0.15) is 41.8 Å². The van der Waals surface area contributed by atoms with Crippen molar-refractivity contribution in [3.63, 3.8) is 0 Å². The number of aliphatic hydroxyl groups excluding tert-OH is 1. The van der Waals surface area contributed by atoms with E-state index >= 15 is 0 Å². The molecule has 222 valence electrons. The Morgan fingerprint density at radius 1 is 1.32 bits per heavy atom. The third-order valence-corrected chi connectivity index (χ3v) is 7.92. The number of hydrogen-bond acceptors (Lipinski definition) is 11. The number of nitrogen functional groups attached to an aromatic ring is 1. The van der Waals surface area contributed by atoms with Gasteiger partial charge in [0, 0.05) is 0 Å². The van der Waals surface area contributed by atoms with Crippen LogP contribution >= 0.6 is 7.75 Å². The average Bonchev–Trinajstić information content (AvgIpc) is 3.12. The lowest BCUT2D eigenvalue weighted by Crippen LogP contribution is -2.59. The van der Waals surface area contributed by atoms with Gasteiger partial charge >= 0.3 is 19.4 Å². The van der Waals surface area contributed by atoms with Crippen LogP contribution in [0.25, 0.3) is 0 Å². The summed E-state index contributed by atoms with van der Waals surface area (Å²) < 4.78 is 65.5. The van der Waals surface area contributed by atoms with Crippen LogP contribution in [0.4, 0.5) is 14.6 Å². The number of para-hydroxylation sites is 1. The minimum Gasteiger partial charge on any atom is -0.462 e. The number of nitrogens with zero attached hydrogens (tertiary/aromatic N) is 2. The van der Waals surface area contributed by atoms with E-state index in [1.54, 1.807) is 32.0 Å². The number of carbonyl (C=O) groups excluding carboxylic acids is 1. The van der Waals surface area contributed by atoms with E-state index < -0.39 is 79.4 Å². The number of hydrogen-bond donors (Lipinski definition) is 4. The van der Waals surface area contributed by atoms with E-state index in [0.717, 1.165) is 0 Å². The van der Waals surface area contributed by atoms with Gasteiger partial charge < -0.3 is 30.6 Å². The van der Waals surface area contributed by atoms with Crippen molar-refractivity contribution in [2.75, 3.05) is 12.4 Å². The molecule has 0 bridgehead atoms. The van der Waals surface area contributed by atoms with Crippen molar-refractivity contribution >= 4 is 19.5 Å². The molecular weight excluding hydrogens is 555 g/mol. The highest BCUT2D eigenvalue weighted by Gasteiger charge is 2.61. The Balaban J connectivity index is 1.97. The molecule has 6 atom stereocenters. The fourth-order valence-electron chi connectivity index (χ4n) is 4.08. The smallest absolute Gasteiger partial charge is 0.460 e. The van der Waals surface area contributed by atoms with Crippen molar-refractivity contribution in [3.8, 4) is 5.75 Å². The minimum absolute atomic E-state index is 0.108. The highest BCUT2D eigenvalue weighted by Crippen LogP contribution is 2.52. The molecule has 0 saturated carbocycles. The normalized spacial score (nSPS) is 25.4. The van der Waals surface area contributed by atoms with E-state index in [4.69, 9.17) is 30.0 Å². The molecule has 16 heteroatoms. The van der Waals surface area contributed by atoms with E-state index in [-0.39, 0.29) is 5.75 Å². The van der Waals surface area contributed by atoms with E-state index in [1.807, 2.05) is 0 Å². The van der Waals surface area contributed by atoms with Crippen LogP contribution in [-0.2, 0) is 23.4 Å². The Labute approximate surface area is 229 Å². The molecular formula is C24H34F2N5O8P. The lowest BCUT2D eigenvalue weighted by molar-refractivity contribution is -0.149. The first kappa shape index (κ1) is 31.6. The molecule has 2 heterocycles. The number of esters is 1. The number of aliphatic hydroxyl groups is 1. The Hall–Kier alpha value is -2.94. The number of carbonyl (C=O) groups is 1. The van der Waals surface area contributed by atoms with Crippen molar-refractivity contribution in [2.45, 2.75) is 76.3 Å². The predicted octanol–water partition coefficient (Wildman–Crippen LogP) is 1.80. The number of halogens is 2. The van der Waals surface area contributed by atoms with Gasteiger partial charge in [0.2, 0.25) is 0 Å². The van der Waals surface area contributed by atoms with Crippen molar-refractivity contribution in [1.82, 2.24) is 14.6 Å². The molecule has 0 amide bonds. The topological polar surface area (TPSA) is 190 Å². The zero-order valence-corrected chi connectivity index (χ0v) is 23.5. The van der Waals surface area contributed by atoms with Gasteiger partial charge in [-0.15, -0.1) is 0 Å². The number of rotatable bonds is 11. The van der Waals surface area contributed by atoms with Gasteiger partial charge in [-0.2, -0.15) is 10.1 Å². The van der Waals surface area contributed by atoms with Crippen LogP contribution in [0.3, 0.4) is 0 Å². The number of nitrogens with two attached hydrogens (primary N) is 2. The van der Waals surface area contributed by atoms with Crippen LogP contribution in [0.15, 0.2) is 41.3 Å². The van der Waals surface area contributed by atoms with Crippen molar-refractivity contribution in [1.29, 1.82) is 0 Å². The standard InChI is InChI=1S/C24H34F2N5O8P/c1-13(2)36-20(33)14(3)30-40(35,38-15-9-7-6-8-10-15)39-23(4,5)18-17(32)24(28,12-25)21(37-18)31-11-16(26)19(27)29-22(31)34/h6-11,13-14,17-18,21,32H,12,28H2,1-5H3,(H,30,35)(H2,27,29,34)/t14-,17?,18-,21+,24+,40-/m0/s1. The van der Waals surface area contributed by atoms with Gasteiger partial charge in [0.05, 0.1) is 12.3 Å². The van der Waals surface area contributed by atoms with Crippen molar-refractivity contribution in [2.24, 2.45) is 5.73 Å². The largest absolute Gasteiger partial charge is 0.462 e. The summed E-state index contributed by atoms with van der Waals surface area (Å²) in [5.74, 6) is -2.44. The van der Waals surface area contributed by atoms with Crippen LogP contribution in [0.1, 0.15) is 40.8 Å². The first-order chi connectivity index (χ1) is 18.5. The second-order valence-electron chi connectivity index (χ2n) is 10.2. The second kappa shape index (κ2) is 11.9. The van der Waals surface area contributed by atoms with Gasteiger partial charge in [-0.25, -0.2) is 18.1 Å². The summed E-state index contributed by atoms with van der Waals surface area (Å²) in [7, 11) is -4.49. The van der Waals surface area contributed by atoms with Gasteiger partial charge in [0.15, 0.2) is 17.9 Å². The van der Waals surface area contributed by atoms with Gasteiger partial charge in [0.25, 0.3) is 0 Å². The van der Waals surface area contributed by atoms with Crippen LogP contribution in [-0.4, -0.2) is 62.8 Å². The summed E-state index contributed by atoms with van der Waals surface area (Å²) in [5, 5.41) is 13.6. The minimum atomic E-state index is -4.49. The molecule has 1 aliphatic heterocycles. The molecule has 0 spiro atoms. The SMILES string of the molecule is CC(C)OC(=O)[C@H](C)N[P@](=O)(Oc1ccccc1)OC(C)(C)[C@H]1O[C@@H](n2cc(F)c(N)nc2=O)[C@@](N)(CF)C1O. The van der Waals surface area contributed by atoms with Crippen LogP contribution in [0.5, 0.6) is 5.75 Å². The van der Waals surface area contributed by atoms with Gasteiger partial charge in [-0.05, 0) is 46.8 Å². The zero-order chi connectivity index (χ0) is 30.0. The number of alkyl halides is 1. The molecule has 1 aromatic heterocycles. The third kappa shape index (κ3) is 6.67. The van der Waals surface area contributed by atoms with E-state index in [0.29, 0.717) is 10.8 Å². The summed E-state index contributed by atoms with van der Waals surface area (Å²) in [4.78, 5) is 28.2. The van der Waals surface area contributed by atoms with Gasteiger partial charge in [-0.3, -0.25) is 13.9 Å². The number of nitrogens with one attached hydrogen (secondary N) is 1. The molecule has 1 aliphatic rings. The molecule has 3 rings (SSSR count). The summed E-state index contributed by atoms with van der Waals surface area (Å²) in [6.07, 6.45) is -5.03. The Morgan fingerprint density at radius 2 is 1.95 bits per heavy atom. The Morgan fingerprint density at radius 3 is 2.52 bits per heavy atom. The lowest BCUT2D eigenvalue weighted by Gasteiger charge is -2.37. The molecule has 1 aromatic carbocycles. The molecule has 6 N–H and O–H groups in total. The second-order valence-corrected chi connectivity index (χ2v) is 11.8. The Kier molecular flexibility index (Phi) is 9.39. The predicted molar refractivity (Wildman–Crippen MR) is 139 cm³/mol. The number of benzene rings is 1. The number of aromatic nitrogens is 2. The van der Waals surface area contributed by atoms with Crippen LogP contribution in [0, 0.1) is 5.82 Å². The highest BCUT2D eigenvalue weighted by molar-refractivity contribution is 7.52. The maximum Gasteiger partial charge on any atom is 0.460 e. The van der Waals surface area contributed by atoms with E-state index in [1.165, 1.54) is 32.9 Å². The maximum absolute atomic E-state index is 14.3. The fourth-order valence-corrected chi connectivity index (χ4v) is 5.93. The maximum atomic E-state index is 14.3. The summed E-state index contributed by atoms with van der Waals surface area (Å²) in [6.45, 7) is 5.91. The number of ether oxygens (including phenoxy) is 2. The first-order valence-electron chi connectivity index (χ1n) is 12.3. The fraction of sp³-hybridized carbons (Fsp3) is 0.542. The first-order valence-corrected chi connectivity index (χ1v) is 13.8. The highest BCUT2D eigenvalue weighted by atomic mass is 31.2. The molecule has 40 heavy (non-hydrogen) atoms. The van der Waals surface area contributed by atoms with Crippen molar-refractivity contribution < 1.29 is 41.8 Å². The average molecular weight is 590 g/mol. The molecule has 1 fully saturated rings. The van der Waals surface area contributed by atoms with Gasteiger partial charge in [-0.1, -0.05) is 18.2 Å². The molecule has 13 nitrogen and oxygen atoms in total. The quantitative estimate of drug-likeness (QED) is 0.220. The zero-order valence-electron chi connectivity index (χ0n) is 22.6. The van der Waals surface area contributed by atoms with Crippen molar-refractivity contribution in [3.05, 3.63) is 52.8 Å². The van der Waals surface area contributed by atoms with E-state index in [2.05, 4.69) is 10.1 Å². The molecule has 0 aliphatic carbocycles. The molecule has 2 aromatic rings. The van der Waals surface area contributed by atoms with Crippen LogP contribution < -0.4 is 26.8 Å². The molecule has 1 unspecified atom stereocenters.